The number of nitrogens with zero attached hydrogens (tertiary/aromatic N) is 4. The standard InChI is InChI=1S/C20H22N4O2S3/c1-4-24-18-10-9-15(29(25,26)23(2)3)11-17(18)21-19(24)13-28-20-22-16-8-6-5-7-14(16)12-27-20/h5-11H,4,12-13H2,1-3H3. The lowest BCUT2D eigenvalue weighted by Gasteiger charge is -2.14. The summed E-state index contributed by atoms with van der Waals surface area (Å²) in [6.45, 7) is 2.84. The van der Waals surface area contributed by atoms with Gasteiger partial charge in [0, 0.05) is 26.4 Å². The molecule has 0 saturated heterocycles. The molecule has 0 spiro atoms. The average molecular weight is 447 g/mol. The van der Waals surface area contributed by atoms with Gasteiger partial charge < -0.3 is 4.57 Å². The van der Waals surface area contributed by atoms with E-state index in [4.69, 9.17) is 9.98 Å². The van der Waals surface area contributed by atoms with E-state index in [2.05, 4.69) is 17.6 Å². The molecule has 6 nitrogen and oxygen atoms in total. The molecular formula is C20H22N4O2S3. The molecule has 152 valence electrons. The molecule has 0 bridgehead atoms. The van der Waals surface area contributed by atoms with Gasteiger partial charge in [0.15, 0.2) is 0 Å². The molecule has 9 heteroatoms. The van der Waals surface area contributed by atoms with Gasteiger partial charge in [-0.15, -0.1) is 0 Å². The van der Waals surface area contributed by atoms with Crippen LogP contribution in [0.4, 0.5) is 5.69 Å². The van der Waals surface area contributed by atoms with Gasteiger partial charge in [-0.2, -0.15) is 0 Å². The first-order chi connectivity index (χ1) is 13.9. The van der Waals surface area contributed by atoms with Crippen molar-refractivity contribution in [2.75, 3.05) is 14.1 Å². The Morgan fingerprint density at radius 3 is 2.76 bits per heavy atom. The maximum atomic E-state index is 12.4. The largest absolute Gasteiger partial charge is 0.328 e. The molecule has 3 aromatic rings. The van der Waals surface area contributed by atoms with E-state index >= 15 is 0 Å². The Bertz CT molecular complexity index is 1200. The lowest BCUT2D eigenvalue weighted by molar-refractivity contribution is 0.521. The summed E-state index contributed by atoms with van der Waals surface area (Å²) < 4.78 is 29.3. The van der Waals surface area contributed by atoms with E-state index in [0.29, 0.717) is 11.3 Å². The van der Waals surface area contributed by atoms with Crippen molar-refractivity contribution in [2.24, 2.45) is 4.99 Å². The molecule has 2 heterocycles. The molecule has 1 aliphatic heterocycles. The molecule has 0 aliphatic carbocycles. The van der Waals surface area contributed by atoms with E-state index in [-0.39, 0.29) is 4.90 Å². The summed E-state index contributed by atoms with van der Waals surface area (Å²) >= 11 is 3.42. The highest BCUT2D eigenvalue weighted by atomic mass is 32.2. The Kier molecular flexibility index (Phi) is 5.74. The Balaban J connectivity index is 1.62. The summed E-state index contributed by atoms with van der Waals surface area (Å²) in [5.74, 6) is 2.54. The molecule has 1 aromatic heterocycles. The second kappa shape index (κ2) is 8.14. The number of fused-ring (bicyclic) bond motifs is 2. The molecule has 0 unspecified atom stereocenters. The van der Waals surface area contributed by atoms with Gasteiger partial charge in [-0.1, -0.05) is 41.7 Å². The molecular weight excluding hydrogens is 424 g/mol. The second-order valence-electron chi connectivity index (χ2n) is 6.79. The van der Waals surface area contributed by atoms with E-state index in [1.807, 2.05) is 24.3 Å². The number of aryl methyl sites for hydroxylation is 1. The summed E-state index contributed by atoms with van der Waals surface area (Å²) in [5.41, 5.74) is 3.95. The third-order valence-corrected chi connectivity index (χ3v) is 8.83. The van der Waals surface area contributed by atoms with Crippen LogP contribution in [0.1, 0.15) is 18.3 Å². The number of para-hydroxylation sites is 1. The van der Waals surface area contributed by atoms with Crippen molar-refractivity contribution in [1.82, 2.24) is 13.9 Å². The van der Waals surface area contributed by atoms with Crippen molar-refractivity contribution in [1.29, 1.82) is 0 Å². The van der Waals surface area contributed by atoms with Gasteiger partial charge in [-0.25, -0.2) is 22.7 Å². The lowest BCUT2D eigenvalue weighted by atomic mass is 10.2. The van der Waals surface area contributed by atoms with Crippen LogP contribution in [0.3, 0.4) is 0 Å². The lowest BCUT2D eigenvalue weighted by Crippen LogP contribution is -2.22. The van der Waals surface area contributed by atoms with E-state index in [1.165, 1.54) is 24.0 Å². The zero-order valence-electron chi connectivity index (χ0n) is 16.5. The van der Waals surface area contributed by atoms with E-state index in [9.17, 15) is 8.42 Å². The monoisotopic (exact) mass is 446 g/mol. The van der Waals surface area contributed by atoms with Crippen LogP contribution in [-0.4, -0.2) is 40.7 Å². The molecule has 29 heavy (non-hydrogen) atoms. The highest BCUT2D eigenvalue weighted by Gasteiger charge is 2.20. The highest BCUT2D eigenvalue weighted by Crippen LogP contribution is 2.35. The summed E-state index contributed by atoms with van der Waals surface area (Å²) in [5, 5.41) is 0. The smallest absolute Gasteiger partial charge is 0.242 e. The number of aliphatic imine (C=N–C) groups is 1. The van der Waals surface area contributed by atoms with Crippen LogP contribution in [0.25, 0.3) is 11.0 Å². The minimum absolute atomic E-state index is 0.263. The number of benzene rings is 2. The molecule has 0 atom stereocenters. The van der Waals surface area contributed by atoms with Gasteiger partial charge in [-0.3, -0.25) is 0 Å². The fraction of sp³-hybridized carbons (Fsp3) is 0.300. The number of rotatable bonds is 5. The van der Waals surface area contributed by atoms with Crippen LogP contribution in [0.5, 0.6) is 0 Å². The van der Waals surface area contributed by atoms with Crippen molar-refractivity contribution < 1.29 is 8.42 Å². The number of hydrogen-bond donors (Lipinski definition) is 0. The normalized spacial score (nSPS) is 14.3. The van der Waals surface area contributed by atoms with Crippen LogP contribution in [0.15, 0.2) is 52.4 Å². The van der Waals surface area contributed by atoms with Crippen LogP contribution >= 0.6 is 23.5 Å². The molecule has 0 fully saturated rings. The fourth-order valence-corrected chi connectivity index (χ4v) is 6.14. The van der Waals surface area contributed by atoms with Gasteiger partial charge in [0.05, 0.1) is 27.4 Å². The molecule has 4 rings (SSSR count). The highest BCUT2D eigenvalue weighted by molar-refractivity contribution is 8.38. The number of aromatic nitrogens is 2. The van der Waals surface area contributed by atoms with Gasteiger partial charge in [0.2, 0.25) is 10.0 Å². The minimum Gasteiger partial charge on any atom is -0.328 e. The van der Waals surface area contributed by atoms with Crippen LogP contribution in [0, 0.1) is 0 Å². The van der Waals surface area contributed by atoms with Gasteiger partial charge in [-0.05, 0) is 36.8 Å². The fourth-order valence-electron chi connectivity index (χ4n) is 3.21. The molecule has 0 amide bonds. The second-order valence-corrected chi connectivity index (χ2v) is 11.1. The number of thioether (sulfide) groups is 2. The summed E-state index contributed by atoms with van der Waals surface area (Å²) in [4.78, 5) is 9.76. The summed E-state index contributed by atoms with van der Waals surface area (Å²) in [6, 6.07) is 13.4. The zero-order chi connectivity index (χ0) is 20.6. The van der Waals surface area contributed by atoms with Gasteiger partial charge in [0.1, 0.15) is 10.2 Å². The number of hydrogen-bond acceptors (Lipinski definition) is 6. The Labute approximate surface area is 179 Å². The molecule has 0 N–H and O–H groups in total. The predicted molar refractivity (Wildman–Crippen MR) is 122 cm³/mol. The Morgan fingerprint density at radius 2 is 2.00 bits per heavy atom. The topological polar surface area (TPSA) is 67.6 Å². The molecule has 1 aliphatic rings. The van der Waals surface area contributed by atoms with Crippen molar-refractivity contribution in [2.45, 2.75) is 29.9 Å². The third kappa shape index (κ3) is 3.96. The maximum absolute atomic E-state index is 12.4. The minimum atomic E-state index is -3.48. The van der Waals surface area contributed by atoms with Crippen molar-refractivity contribution in [3.05, 3.63) is 53.9 Å². The maximum Gasteiger partial charge on any atom is 0.242 e. The quantitative estimate of drug-likeness (QED) is 0.578. The van der Waals surface area contributed by atoms with Crippen LogP contribution in [0.2, 0.25) is 0 Å². The van der Waals surface area contributed by atoms with E-state index in [0.717, 1.165) is 33.7 Å². The number of sulfonamides is 1. The molecule has 0 saturated carbocycles. The predicted octanol–water partition coefficient (Wildman–Crippen LogP) is 4.47. The summed E-state index contributed by atoms with van der Waals surface area (Å²) in [7, 11) is -0.411. The van der Waals surface area contributed by atoms with E-state index in [1.54, 1.807) is 35.7 Å². The first-order valence-electron chi connectivity index (χ1n) is 9.24. The van der Waals surface area contributed by atoms with Gasteiger partial charge in [0.25, 0.3) is 0 Å². The molecule has 2 aromatic carbocycles. The first kappa shape index (κ1) is 20.5. The van der Waals surface area contributed by atoms with Crippen molar-refractivity contribution in [3.63, 3.8) is 0 Å². The summed E-state index contributed by atoms with van der Waals surface area (Å²) in [6.07, 6.45) is 0. The van der Waals surface area contributed by atoms with Crippen molar-refractivity contribution in [3.8, 4) is 0 Å². The third-order valence-electron chi connectivity index (χ3n) is 4.77. The average Bonchev–Trinajstić information content (AvgIpc) is 3.08. The Morgan fingerprint density at radius 1 is 1.21 bits per heavy atom. The van der Waals surface area contributed by atoms with E-state index < -0.39 is 10.0 Å². The van der Waals surface area contributed by atoms with Crippen LogP contribution < -0.4 is 0 Å². The van der Waals surface area contributed by atoms with Crippen LogP contribution in [-0.2, 0) is 28.1 Å². The van der Waals surface area contributed by atoms with Crippen molar-refractivity contribution >= 4 is 54.6 Å². The molecule has 0 radical (unpaired) electrons. The zero-order valence-corrected chi connectivity index (χ0v) is 18.9. The first-order valence-corrected chi connectivity index (χ1v) is 12.6. The number of imidazole rings is 1. The Hall–Kier alpha value is -1.81. The van der Waals surface area contributed by atoms with Gasteiger partial charge >= 0.3 is 0 Å². The SMILES string of the molecule is CCn1c(CSC2=Nc3ccccc3CS2)nc2cc(S(=O)(=O)N(C)C)ccc21.